The molecule has 1 heterocycles. The summed E-state index contributed by atoms with van der Waals surface area (Å²) in [7, 11) is -3.69. The molecular weight excluding hydrogens is 428 g/mol. The summed E-state index contributed by atoms with van der Waals surface area (Å²) < 4.78 is 32.6. The summed E-state index contributed by atoms with van der Waals surface area (Å²) in [6.45, 7) is 3.62. The molecule has 1 amide bonds. The fourth-order valence-electron chi connectivity index (χ4n) is 2.93. The van der Waals surface area contributed by atoms with Crippen molar-refractivity contribution in [2.75, 3.05) is 10.0 Å². The van der Waals surface area contributed by atoms with Crippen molar-refractivity contribution < 1.29 is 17.7 Å². The van der Waals surface area contributed by atoms with E-state index in [0.717, 1.165) is 5.56 Å². The van der Waals surface area contributed by atoms with Crippen molar-refractivity contribution in [2.45, 2.75) is 18.7 Å². The molecule has 0 aliphatic carbocycles. The number of amides is 1. The van der Waals surface area contributed by atoms with Crippen LogP contribution in [0.2, 0.25) is 0 Å². The normalized spacial score (nSPS) is 11.2. The molecule has 0 radical (unpaired) electrons. The molecule has 9 heteroatoms. The Labute approximate surface area is 185 Å². The lowest BCUT2D eigenvalue weighted by Gasteiger charge is -2.10. The lowest BCUT2D eigenvalue weighted by atomic mass is 10.1. The van der Waals surface area contributed by atoms with Crippen LogP contribution in [0.25, 0.3) is 11.5 Å². The predicted octanol–water partition coefficient (Wildman–Crippen LogP) is 4.41. The molecule has 0 aliphatic rings. The van der Waals surface area contributed by atoms with Gasteiger partial charge in [-0.2, -0.15) is 4.98 Å². The van der Waals surface area contributed by atoms with Crippen LogP contribution in [0.5, 0.6) is 0 Å². The first kappa shape index (κ1) is 21.3. The lowest BCUT2D eigenvalue weighted by molar-refractivity contribution is 0.102. The molecule has 0 atom stereocenters. The van der Waals surface area contributed by atoms with E-state index in [2.05, 4.69) is 20.2 Å². The molecule has 162 valence electrons. The quantitative estimate of drug-likeness (QED) is 0.452. The maximum Gasteiger partial charge on any atom is 0.261 e. The minimum Gasteiger partial charge on any atom is -0.334 e. The van der Waals surface area contributed by atoms with Crippen LogP contribution in [0, 0.1) is 13.8 Å². The number of anilines is 2. The third kappa shape index (κ3) is 4.84. The van der Waals surface area contributed by atoms with Crippen LogP contribution in [0.1, 0.15) is 21.7 Å². The molecule has 1 aromatic heterocycles. The highest BCUT2D eigenvalue weighted by Crippen LogP contribution is 2.21. The van der Waals surface area contributed by atoms with Gasteiger partial charge in [-0.25, -0.2) is 8.42 Å². The van der Waals surface area contributed by atoms with Gasteiger partial charge in [0.1, 0.15) is 0 Å². The Kier molecular flexibility index (Phi) is 5.74. The average Bonchev–Trinajstić information content (AvgIpc) is 3.21. The predicted molar refractivity (Wildman–Crippen MR) is 121 cm³/mol. The Hall–Kier alpha value is -3.98. The average molecular weight is 449 g/mol. The summed E-state index contributed by atoms with van der Waals surface area (Å²) >= 11 is 0. The van der Waals surface area contributed by atoms with Gasteiger partial charge in [0.15, 0.2) is 5.82 Å². The summed E-state index contributed by atoms with van der Waals surface area (Å²) in [5.41, 5.74) is 3.07. The molecule has 0 saturated heterocycles. The van der Waals surface area contributed by atoms with Crippen molar-refractivity contribution in [3.8, 4) is 11.5 Å². The second-order valence-electron chi connectivity index (χ2n) is 7.17. The molecule has 0 aliphatic heterocycles. The number of rotatable bonds is 6. The molecule has 0 unspecified atom stereocenters. The SMILES string of the molecule is Cc1ccc(S(=O)(=O)Nc2ccc(NC(=O)c3ccc(-c4nc(C)no4)cc3)cc2)cc1. The molecule has 3 aromatic carbocycles. The number of sulfonamides is 1. The van der Waals surface area contributed by atoms with E-state index in [1.165, 1.54) is 0 Å². The van der Waals surface area contributed by atoms with Gasteiger partial charge in [-0.05, 0) is 74.5 Å². The van der Waals surface area contributed by atoms with E-state index in [0.29, 0.717) is 34.2 Å². The van der Waals surface area contributed by atoms with Crippen LogP contribution in [0.3, 0.4) is 0 Å². The Morgan fingerprint density at radius 3 is 2.06 bits per heavy atom. The zero-order valence-corrected chi connectivity index (χ0v) is 18.2. The summed E-state index contributed by atoms with van der Waals surface area (Å²) in [4.78, 5) is 16.9. The monoisotopic (exact) mass is 448 g/mol. The second kappa shape index (κ2) is 8.64. The first-order chi connectivity index (χ1) is 15.3. The molecule has 4 aromatic rings. The first-order valence-electron chi connectivity index (χ1n) is 9.72. The molecule has 4 rings (SSSR count). The fraction of sp³-hybridized carbons (Fsp3) is 0.0870. The zero-order chi connectivity index (χ0) is 22.7. The topological polar surface area (TPSA) is 114 Å². The molecule has 2 N–H and O–H groups in total. The zero-order valence-electron chi connectivity index (χ0n) is 17.4. The molecule has 0 fully saturated rings. The maximum absolute atomic E-state index is 12.5. The van der Waals surface area contributed by atoms with E-state index in [1.54, 1.807) is 79.7 Å². The van der Waals surface area contributed by atoms with Gasteiger partial charge in [-0.1, -0.05) is 22.9 Å². The van der Waals surface area contributed by atoms with Gasteiger partial charge in [0, 0.05) is 22.5 Å². The van der Waals surface area contributed by atoms with Crippen molar-refractivity contribution >= 4 is 27.3 Å². The van der Waals surface area contributed by atoms with Crippen molar-refractivity contribution in [2.24, 2.45) is 0 Å². The van der Waals surface area contributed by atoms with E-state index >= 15 is 0 Å². The van der Waals surface area contributed by atoms with Gasteiger partial charge in [0.05, 0.1) is 4.90 Å². The highest BCUT2D eigenvalue weighted by molar-refractivity contribution is 7.92. The number of hydrogen-bond acceptors (Lipinski definition) is 6. The second-order valence-corrected chi connectivity index (χ2v) is 8.86. The van der Waals surface area contributed by atoms with Crippen LogP contribution in [-0.4, -0.2) is 24.5 Å². The van der Waals surface area contributed by atoms with Gasteiger partial charge in [0.25, 0.3) is 21.8 Å². The number of aromatic nitrogens is 2. The minimum absolute atomic E-state index is 0.180. The molecule has 32 heavy (non-hydrogen) atoms. The third-order valence-electron chi connectivity index (χ3n) is 4.65. The number of nitrogens with one attached hydrogen (secondary N) is 2. The number of carbonyl (C=O) groups excluding carboxylic acids is 1. The van der Waals surface area contributed by atoms with Gasteiger partial charge >= 0.3 is 0 Å². The van der Waals surface area contributed by atoms with E-state index in [1.807, 2.05) is 6.92 Å². The maximum atomic E-state index is 12.5. The van der Waals surface area contributed by atoms with E-state index in [9.17, 15) is 13.2 Å². The number of carbonyl (C=O) groups is 1. The number of nitrogens with zero attached hydrogens (tertiary/aromatic N) is 2. The molecular formula is C23H20N4O4S. The number of aryl methyl sites for hydroxylation is 2. The molecule has 0 spiro atoms. The lowest BCUT2D eigenvalue weighted by Crippen LogP contribution is -2.13. The van der Waals surface area contributed by atoms with E-state index in [4.69, 9.17) is 4.52 Å². The molecule has 0 bridgehead atoms. The van der Waals surface area contributed by atoms with Gasteiger partial charge in [-0.15, -0.1) is 0 Å². The van der Waals surface area contributed by atoms with Crippen molar-refractivity contribution in [3.05, 3.63) is 89.7 Å². The van der Waals surface area contributed by atoms with Crippen LogP contribution in [0.4, 0.5) is 11.4 Å². The number of benzene rings is 3. The fourth-order valence-corrected chi connectivity index (χ4v) is 3.99. The van der Waals surface area contributed by atoms with Crippen molar-refractivity contribution in [1.82, 2.24) is 10.1 Å². The first-order valence-corrected chi connectivity index (χ1v) is 11.2. The van der Waals surface area contributed by atoms with Crippen LogP contribution < -0.4 is 10.0 Å². The van der Waals surface area contributed by atoms with Crippen LogP contribution >= 0.6 is 0 Å². The van der Waals surface area contributed by atoms with Crippen molar-refractivity contribution in [1.29, 1.82) is 0 Å². The summed E-state index contributed by atoms with van der Waals surface area (Å²) in [6, 6.07) is 19.8. The van der Waals surface area contributed by atoms with Gasteiger partial charge < -0.3 is 9.84 Å². The summed E-state index contributed by atoms with van der Waals surface area (Å²) in [5.74, 6) is 0.621. The van der Waals surface area contributed by atoms with E-state index < -0.39 is 10.0 Å². The highest BCUT2D eigenvalue weighted by atomic mass is 32.2. The van der Waals surface area contributed by atoms with Gasteiger partial charge in [-0.3, -0.25) is 9.52 Å². The smallest absolute Gasteiger partial charge is 0.261 e. The van der Waals surface area contributed by atoms with E-state index in [-0.39, 0.29) is 10.8 Å². The highest BCUT2D eigenvalue weighted by Gasteiger charge is 2.14. The third-order valence-corrected chi connectivity index (χ3v) is 6.05. The standard InChI is InChI=1S/C23H20N4O4S/c1-15-3-13-21(14-4-15)32(29,30)27-20-11-9-19(10-12-20)25-22(28)17-5-7-18(8-6-17)23-24-16(2)26-31-23/h3-14,27H,1-2H3,(H,25,28). The van der Waals surface area contributed by atoms with Crippen LogP contribution in [-0.2, 0) is 10.0 Å². The molecule has 0 saturated carbocycles. The minimum atomic E-state index is -3.69. The summed E-state index contributed by atoms with van der Waals surface area (Å²) in [5, 5.41) is 6.53. The largest absolute Gasteiger partial charge is 0.334 e. The van der Waals surface area contributed by atoms with Gasteiger partial charge in [0.2, 0.25) is 0 Å². The Morgan fingerprint density at radius 2 is 1.47 bits per heavy atom. The summed E-state index contributed by atoms with van der Waals surface area (Å²) in [6.07, 6.45) is 0. The molecule has 8 nitrogen and oxygen atoms in total. The van der Waals surface area contributed by atoms with Crippen LogP contribution in [0.15, 0.2) is 82.2 Å². The van der Waals surface area contributed by atoms with Crippen molar-refractivity contribution in [3.63, 3.8) is 0 Å². The number of hydrogen-bond donors (Lipinski definition) is 2. The Bertz CT molecular complexity index is 1340. The Morgan fingerprint density at radius 1 is 0.844 bits per heavy atom. The Balaban J connectivity index is 1.41.